The highest BCUT2D eigenvalue weighted by molar-refractivity contribution is 7.89. The van der Waals surface area contributed by atoms with Crippen LogP contribution in [-0.4, -0.2) is 13.3 Å². The van der Waals surface area contributed by atoms with Crippen molar-refractivity contribution in [3.63, 3.8) is 0 Å². The second kappa shape index (κ2) is 8.07. The molecule has 0 fully saturated rings. The fourth-order valence-corrected chi connectivity index (χ4v) is 3.35. The van der Waals surface area contributed by atoms with Crippen molar-refractivity contribution in [2.75, 3.05) is 5.32 Å². The summed E-state index contributed by atoms with van der Waals surface area (Å²) >= 11 is 0. The third-order valence-electron chi connectivity index (χ3n) is 3.85. The molecular weight excluding hydrogens is 382 g/mol. The normalized spacial score (nSPS) is 11.0. The number of hydrogen-bond donors (Lipinski definition) is 2. The standard InChI is InChI=1S/C19H17N3O5S/c20-28(25,26)18-11-5-10-17(19(18)22(23)24)21-13-14-6-4-9-16(12-14)27-15-7-2-1-3-8-15/h1-12,21H,13H2,(H2,20,25,26). The molecule has 0 aliphatic carbocycles. The number of nitrogens with zero attached hydrogens (tertiary/aromatic N) is 1. The van der Waals surface area contributed by atoms with Crippen LogP contribution >= 0.6 is 0 Å². The lowest BCUT2D eigenvalue weighted by Crippen LogP contribution is -2.15. The topological polar surface area (TPSA) is 125 Å². The molecule has 3 rings (SSSR count). The van der Waals surface area contributed by atoms with Crippen molar-refractivity contribution in [3.8, 4) is 11.5 Å². The summed E-state index contributed by atoms with van der Waals surface area (Å²) in [5, 5.41) is 19.4. The lowest BCUT2D eigenvalue weighted by molar-refractivity contribution is -0.386. The Balaban J connectivity index is 1.81. The first-order valence-corrected chi connectivity index (χ1v) is 9.75. The van der Waals surface area contributed by atoms with E-state index in [1.807, 2.05) is 36.4 Å². The van der Waals surface area contributed by atoms with Crippen LogP contribution in [0.25, 0.3) is 0 Å². The van der Waals surface area contributed by atoms with E-state index in [1.54, 1.807) is 18.2 Å². The zero-order valence-electron chi connectivity index (χ0n) is 14.6. The van der Waals surface area contributed by atoms with E-state index < -0.39 is 25.5 Å². The van der Waals surface area contributed by atoms with Crippen LogP contribution in [0.15, 0.2) is 77.7 Å². The maximum Gasteiger partial charge on any atom is 0.312 e. The second-order valence-electron chi connectivity index (χ2n) is 5.87. The highest BCUT2D eigenvalue weighted by Crippen LogP contribution is 2.32. The van der Waals surface area contributed by atoms with Gasteiger partial charge in [-0.3, -0.25) is 10.1 Å². The van der Waals surface area contributed by atoms with Gasteiger partial charge in [0.2, 0.25) is 10.0 Å². The van der Waals surface area contributed by atoms with Gasteiger partial charge >= 0.3 is 5.69 Å². The van der Waals surface area contributed by atoms with E-state index in [-0.39, 0.29) is 12.2 Å². The van der Waals surface area contributed by atoms with Gasteiger partial charge in [0.1, 0.15) is 17.2 Å². The molecule has 0 saturated carbocycles. The molecule has 0 aromatic heterocycles. The van der Waals surface area contributed by atoms with Crippen LogP contribution in [0.3, 0.4) is 0 Å². The highest BCUT2D eigenvalue weighted by atomic mass is 32.2. The van der Waals surface area contributed by atoms with Crippen LogP contribution in [0, 0.1) is 10.1 Å². The van der Waals surface area contributed by atoms with Gasteiger partial charge in [0.25, 0.3) is 0 Å². The van der Waals surface area contributed by atoms with Crippen LogP contribution in [0.5, 0.6) is 11.5 Å². The predicted octanol–water partition coefficient (Wildman–Crippen LogP) is 3.65. The fraction of sp³-hybridized carbons (Fsp3) is 0.0526. The minimum absolute atomic E-state index is 0.0610. The summed E-state index contributed by atoms with van der Waals surface area (Å²) in [6.45, 7) is 0.223. The average molecular weight is 399 g/mol. The largest absolute Gasteiger partial charge is 0.457 e. The molecule has 0 bridgehead atoms. The number of para-hydroxylation sites is 2. The molecule has 8 nitrogen and oxygen atoms in total. The first-order valence-electron chi connectivity index (χ1n) is 8.20. The summed E-state index contributed by atoms with van der Waals surface area (Å²) in [6.07, 6.45) is 0. The Morgan fingerprint density at radius 1 is 0.964 bits per heavy atom. The molecule has 0 aliphatic heterocycles. The number of benzene rings is 3. The molecule has 0 radical (unpaired) electrons. The summed E-state index contributed by atoms with van der Waals surface area (Å²) in [6, 6.07) is 20.4. The smallest absolute Gasteiger partial charge is 0.312 e. The van der Waals surface area contributed by atoms with E-state index in [4.69, 9.17) is 9.88 Å². The Bertz CT molecular complexity index is 1100. The molecule has 28 heavy (non-hydrogen) atoms. The summed E-state index contributed by atoms with van der Waals surface area (Å²) in [5.74, 6) is 1.29. The number of primary sulfonamides is 1. The van der Waals surface area contributed by atoms with Crippen molar-refractivity contribution >= 4 is 21.4 Å². The van der Waals surface area contributed by atoms with Crippen LogP contribution in [-0.2, 0) is 16.6 Å². The first kappa shape index (κ1) is 19.3. The van der Waals surface area contributed by atoms with Gasteiger partial charge in [-0.15, -0.1) is 0 Å². The van der Waals surface area contributed by atoms with E-state index >= 15 is 0 Å². The second-order valence-corrected chi connectivity index (χ2v) is 7.40. The van der Waals surface area contributed by atoms with Crippen molar-refractivity contribution in [2.24, 2.45) is 5.14 Å². The molecule has 144 valence electrons. The summed E-state index contributed by atoms with van der Waals surface area (Å²) in [5.41, 5.74) is 0.274. The summed E-state index contributed by atoms with van der Waals surface area (Å²) < 4.78 is 29.0. The van der Waals surface area contributed by atoms with Gasteiger partial charge in [-0.1, -0.05) is 36.4 Å². The molecule has 0 spiro atoms. The van der Waals surface area contributed by atoms with Gasteiger partial charge in [0.05, 0.1) is 4.92 Å². The van der Waals surface area contributed by atoms with Gasteiger partial charge in [0.15, 0.2) is 4.90 Å². The van der Waals surface area contributed by atoms with E-state index in [2.05, 4.69) is 5.32 Å². The van der Waals surface area contributed by atoms with E-state index in [1.165, 1.54) is 12.1 Å². The molecule has 0 unspecified atom stereocenters. The quantitative estimate of drug-likeness (QED) is 0.461. The molecular formula is C19H17N3O5S. The van der Waals surface area contributed by atoms with Crippen molar-refractivity contribution < 1.29 is 18.1 Å². The molecule has 3 aromatic rings. The van der Waals surface area contributed by atoms with Crippen molar-refractivity contribution in [1.29, 1.82) is 0 Å². The lowest BCUT2D eigenvalue weighted by atomic mass is 10.2. The number of nitrogens with one attached hydrogen (secondary N) is 1. The third-order valence-corrected chi connectivity index (χ3v) is 4.79. The van der Waals surface area contributed by atoms with Crippen molar-refractivity contribution in [2.45, 2.75) is 11.4 Å². The molecule has 3 N–H and O–H groups in total. The predicted molar refractivity (Wildman–Crippen MR) is 105 cm³/mol. The number of rotatable bonds is 7. The van der Waals surface area contributed by atoms with Gasteiger partial charge in [-0.05, 0) is 42.0 Å². The summed E-state index contributed by atoms with van der Waals surface area (Å²) in [4.78, 5) is 10.1. The monoisotopic (exact) mass is 399 g/mol. The Labute approximate surface area is 161 Å². The van der Waals surface area contributed by atoms with Gasteiger partial charge < -0.3 is 10.1 Å². The number of sulfonamides is 1. The van der Waals surface area contributed by atoms with Gasteiger partial charge in [-0.2, -0.15) is 0 Å². The number of anilines is 1. The number of hydrogen-bond acceptors (Lipinski definition) is 6. The number of nitro benzene ring substituents is 1. The number of ether oxygens (including phenoxy) is 1. The maximum atomic E-state index is 11.6. The minimum Gasteiger partial charge on any atom is -0.457 e. The van der Waals surface area contributed by atoms with Crippen LogP contribution in [0.1, 0.15) is 5.56 Å². The van der Waals surface area contributed by atoms with Gasteiger partial charge in [0, 0.05) is 6.54 Å². The van der Waals surface area contributed by atoms with Crippen molar-refractivity contribution in [3.05, 3.63) is 88.5 Å². The SMILES string of the molecule is NS(=O)(=O)c1cccc(NCc2cccc(Oc3ccccc3)c2)c1[N+](=O)[O-]. The molecule has 0 heterocycles. The lowest BCUT2D eigenvalue weighted by Gasteiger charge is -2.11. The molecule has 0 amide bonds. The zero-order chi connectivity index (χ0) is 20.1. The fourth-order valence-electron chi connectivity index (χ4n) is 2.62. The molecule has 0 saturated heterocycles. The molecule has 9 heteroatoms. The molecule has 0 atom stereocenters. The van der Waals surface area contributed by atoms with Crippen LogP contribution < -0.4 is 15.2 Å². The molecule has 0 aliphatic rings. The average Bonchev–Trinajstić information content (AvgIpc) is 2.66. The Hall–Kier alpha value is -3.43. The van der Waals surface area contributed by atoms with E-state index in [0.29, 0.717) is 11.5 Å². The Morgan fingerprint density at radius 2 is 1.64 bits per heavy atom. The maximum absolute atomic E-state index is 11.6. The van der Waals surface area contributed by atoms with Crippen molar-refractivity contribution in [1.82, 2.24) is 0 Å². The van der Waals surface area contributed by atoms with Crippen LogP contribution in [0.2, 0.25) is 0 Å². The zero-order valence-corrected chi connectivity index (χ0v) is 15.4. The summed E-state index contributed by atoms with van der Waals surface area (Å²) in [7, 11) is -4.23. The minimum atomic E-state index is -4.23. The third kappa shape index (κ3) is 4.64. The highest BCUT2D eigenvalue weighted by Gasteiger charge is 2.26. The van der Waals surface area contributed by atoms with Crippen LogP contribution in [0.4, 0.5) is 11.4 Å². The van der Waals surface area contributed by atoms with E-state index in [0.717, 1.165) is 11.6 Å². The van der Waals surface area contributed by atoms with E-state index in [9.17, 15) is 18.5 Å². The number of nitro groups is 1. The Kier molecular flexibility index (Phi) is 5.57. The van der Waals surface area contributed by atoms with Gasteiger partial charge in [-0.25, -0.2) is 13.6 Å². The molecule has 3 aromatic carbocycles. The Morgan fingerprint density at radius 3 is 2.32 bits per heavy atom. The first-order chi connectivity index (χ1) is 13.3. The number of nitrogens with two attached hydrogens (primary N) is 1.